The first kappa shape index (κ1) is 11.4. The van der Waals surface area contributed by atoms with Crippen molar-refractivity contribution in [2.45, 2.75) is 64.1 Å². The molecule has 1 N–H and O–H groups in total. The summed E-state index contributed by atoms with van der Waals surface area (Å²) >= 11 is 0. The van der Waals surface area contributed by atoms with Crippen molar-refractivity contribution < 1.29 is 9.59 Å². The van der Waals surface area contributed by atoms with Crippen LogP contribution in [0.3, 0.4) is 0 Å². The Morgan fingerprint density at radius 3 is 2.50 bits per heavy atom. The third-order valence-electron chi connectivity index (χ3n) is 4.08. The van der Waals surface area contributed by atoms with Gasteiger partial charge in [0.2, 0.25) is 11.8 Å². The summed E-state index contributed by atoms with van der Waals surface area (Å²) in [7, 11) is 0. The van der Waals surface area contributed by atoms with Gasteiger partial charge >= 0.3 is 0 Å². The topological polar surface area (TPSA) is 49.4 Å². The number of rotatable bonds is 2. The Hall–Kier alpha value is -1.06. The highest BCUT2D eigenvalue weighted by molar-refractivity contribution is 5.99. The van der Waals surface area contributed by atoms with E-state index in [1.54, 1.807) is 0 Å². The number of amides is 2. The average Bonchev–Trinajstić information content (AvgIpc) is 2.19. The van der Waals surface area contributed by atoms with Gasteiger partial charge in [0.15, 0.2) is 0 Å². The summed E-state index contributed by atoms with van der Waals surface area (Å²) < 4.78 is 0. The van der Waals surface area contributed by atoms with Gasteiger partial charge in [0.1, 0.15) is 11.6 Å². The van der Waals surface area contributed by atoms with Gasteiger partial charge in [-0.25, -0.2) is 0 Å². The van der Waals surface area contributed by atoms with Crippen LogP contribution in [0, 0.1) is 0 Å². The van der Waals surface area contributed by atoms with E-state index in [4.69, 9.17) is 0 Å². The molecule has 2 amide bonds. The number of hydrogen-bond donors (Lipinski definition) is 1. The maximum absolute atomic E-state index is 12.4. The molecule has 1 aliphatic heterocycles. The smallest absolute Gasteiger partial charge is 0.248 e. The van der Waals surface area contributed by atoms with E-state index in [9.17, 15) is 9.59 Å². The Morgan fingerprint density at radius 1 is 1.44 bits per heavy atom. The SMILES string of the molecule is CCC1(C)NC(=O)C(C)N(C2CCC2)C1=O. The first-order valence-electron chi connectivity index (χ1n) is 6.14. The first-order chi connectivity index (χ1) is 7.49. The second-order valence-corrected chi connectivity index (χ2v) is 5.15. The molecular formula is C12H20N2O2. The van der Waals surface area contributed by atoms with Crippen molar-refractivity contribution in [3.05, 3.63) is 0 Å². The van der Waals surface area contributed by atoms with Crippen LogP contribution in [0.4, 0.5) is 0 Å². The molecule has 1 saturated heterocycles. The lowest BCUT2D eigenvalue weighted by Gasteiger charge is -2.49. The van der Waals surface area contributed by atoms with Gasteiger partial charge in [-0.3, -0.25) is 9.59 Å². The number of hydrogen-bond acceptors (Lipinski definition) is 2. The van der Waals surface area contributed by atoms with Crippen molar-refractivity contribution in [3.63, 3.8) is 0 Å². The monoisotopic (exact) mass is 224 g/mol. The van der Waals surface area contributed by atoms with E-state index >= 15 is 0 Å². The molecule has 0 aromatic rings. The largest absolute Gasteiger partial charge is 0.340 e. The van der Waals surface area contributed by atoms with E-state index in [0.717, 1.165) is 12.8 Å². The zero-order chi connectivity index (χ0) is 11.9. The minimum atomic E-state index is -0.695. The predicted molar refractivity (Wildman–Crippen MR) is 60.8 cm³/mol. The first-order valence-corrected chi connectivity index (χ1v) is 6.14. The van der Waals surface area contributed by atoms with Crippen molar-refractivity contribution in [2.75, 3.05) is 0 Å². The van der Waals surface area contributed by atoms with Crippen molar-refractivity contribution in [1.29, 1.82) is 0 Å². The summed E-state index contributed by atoms with van der Waals surface area (Å²) in [6.45, 7) is 5.58. The minimum Gasteiger partial charge on any atom is -0.340 e. The van der Waals surface area contributed by atoms with Gasteiger partial charge < -0.3 is 10.2 Å². The molecule has 2 unspecified atom stereocenters. The van der Waals surface area contributed by atoms with Crippen LogP contribution < -0.4 is 5.32 Å². The normalized spacial score (nSPS) is 35.9. The molecule has 0 bridgehead atoms. The number of nitrogens with one attached hydrogen (secondary N) is 1. The van der Waals surface area contributed by atoms with E-state index in [0.29, 0.717) is 12.5 Å². The highest BCUT2D eigenvalue weighted by atomic mass is 16.2. The molecule has 16 heavy (non-hydrogen) atoms. The van der Waals surface area contributed by atoms with Gasteiger partial charge in [-0.1, -0.05) is 6.92 Å². The molecule has 1 heterocycles. The zero-order valence-corrected chi connectivity index (χ0v) is 10.2. The fourth-order valence-electron chi connectivity index (χ4n) is 2.40. The molecule has 4 nitrogen and oxygen atoms in total. The third kappa shape index (κ3) is 1.51. The van der Waals surface area contributed by atoms with Crippen LogP contribution in [0.5, 0.6) is 0 Å². The summed E-state index contributed by atoms with van der Waals surface area (Å²) in [5, 5.41) is 2.84. The van der Waals surface area contributed by atoms with Crippen LogP contribution >= 0.6 is 0 Å². The minimum absolute atomic E-state index is 0.0177. The third-order valence-corrected chi connectivity index (χ3v) is 4.08. The molecule has 2 aliphatic rings. The molecule has 0 aromatic carbocycles. The molecule has 4 heteroatoms. The van der Waals surface area contributed by atoms with Crippen LogP contribution in [0.1, 0.15) is 46.5 Å². The van der Waals surface area contributed by atoms with Crippen molar-refractivity contribution in [2.24, 2.45) is 0 Å². The maximum Gasteiger partial charge on any atom is 0.248 e. The van der Waals surface area contributed by atoms with E-state index in [1.165, 1.54) is 6.42 Å². The highest BCUT2D eigenvalue weighted by Gasteiger charge is 2.48. The molecule has 1 aliphatic carbocycles. The van der Waals surface area contributed by atoms with Gasteiger partial charge in [0, 0.05) is 6.04 Å². The molecule has 0 aromatic heterocycles. The summed E-state index contributed by atoms with van der Waals surface area (Å²) in [4.78, 5) is 26.1. The molecule has 90 valence electrons. The van der Waals surface area contributed by atoms with Crippen molar-refractivity contribution in [3.8, 4) is 0 Å². The van der Waals surface area contributed by atoms with Gasteiger partial charge in [-0.05, 0) is 39.5 Å². The molecular weight excluding hydrogens is 204 g/mol. The Balaban J connectivity index is 2.26. The van der Waals surface area contributed by atoms with Crippen molar-refractivity contribution in [1.82, 2.24) is 10.2 Å². The lowest BCUT2D eigenvalue weighted by molar-refractivity contribution is -0.158. The molecule has 0 radical (unpaired) electrons. The highest BCUT2D eigenvalue weighted by Crippen LogP contribution is 2.31. The summed E-state index contributed by atoms with van der Waals surface area (Å²) in [6.07, 6.45) is 3.91. The lowest BCUT2D eigenvalue weighted by Crippen LogP contribution is -2.70. The van der Waals surface area contributed by atoms with Crippen LogP contribution in [-0.4, -0.2) is 34.3 Å². The molecule has 2 atom stereocenters. The summed E-state index contributed by atoms with van der Waals surface area (Å²) in [5.41, 5.74) is -0.695. The van der Waals surface area contributed by atoms with Gasteiger partial charge in [-0.15, -0.1) is 0 Å². The molecule has 1 saturated carbocycles. The molecule has 2 rings (SSSR count). The van der Waals surface area contributed by atoms with Crippen LogP contribution in [0.2, 0.25) is 0 Å². The van der Waals surface area contributed by atoms with E-state index in [-0.39, 0.29) is 17.9 Å². The second-order valence-electron chi connectivity index (χ2n) is 5.15. The number of carbonyl (C=O) groups is 2. The Morgan fingerprint density at radius 2 is 2.06 bits per heavy atom. The molecule has 2 fully saturated rings. The fourth-order valence-corrected chi connectivity index (χ4v) is 2.40. The van der Waals surface area contributed by atoms with E-state index < -0.39 is 5.54 Å². The summed E-state index contributed by atoms with van der Waals surface area (Å²) in [5.74, 6) is 0.0719. The second kappa shape index (κ2) is 3.75. The van der Waals surface area contributed by atoms with Gasteiger partial charge in [0.05, 0.1) is 0 Å². The standard InChI is InChI=1S/C12H20N2O2/c1-4-12(3)11(16)14(9-6-5-7-9)8(2)10(15)13-12/h8-9H,4-7H2,1-3H3,(H,13,15). The summed E-state index contributed by atoms with van der Waals surface area (Å²) in [6, 6.07) is -0.0168. The maximum atomic E-state index is 12.4. The van der Waals surface area contributed by atoms with Crippen LogP contribution in [0.25, 0.3) is 0 Å². The number of nitrogens with zero attached hydrogens (tertiary/aromatic N) is 1. The van der Waals surface area contributed by atoms with Crippen LogP contribution in [0.15, 0.2) is 0 Å². The Bertz CT molecular complexity index is 325. The average molecular weight is 224 g/mol. The zero-order valence-electron chi connectivity index (χ0n) is 10.2. The lowest BCUT2D eigenvalue weighted by atomic mass is 9.85. The Kier molecular flexibility index (Phi) is 2.68. The predicted octanol–water partition coefficient (Wildman–Crippen LogP) is 1.05. The molecule has 0 spiro atoms. The van der Waals surface area contributed by atoms with Gasteiger partial charge in [0.25, 0.3) is 0 Å². The van der Waals surface area contributed by atoms with Crippen molar-refractivity contribution >= 4 is 11.8 Å². The van der Waals surface area contributed by atoms with E-state index in [1.807, 2.05) is 25.7 Å². The number of carbonyl (C=O) groups excluding carboxylic acids is 2. The Labute approximate surface area is 96.4 Å². The van der Waals surface area contributed by atoms with E-state index in [2.05, 4.69) is 5.32 Å². The number of piperazine rings is 1. The van der Waals surface area contributed by atoms with Gasteiger partial charge in [-0.2, -0.15) is 0 Å². The fraction of sp³-hybridized carbons (Fsp3) is 0.833. The van der Waals surface area contributed by atoms with Crippen LogP contribution in [-0.2, 0) is 9.59 Å². The quantitative estimate of drug-likeness (QED) is 0.762.